The highest BCUT2D eigenvalue weighted by molar-refractivity contribution is 7.09. The third-order valence-corrected chi connectivity index (χ3v) is 3.55. The van der Waals surface area contributed by atoms with Crippen LogP contribution in [0.1, 0.15) is 26.4 Å². The lowest BCUT2D eigenvalue weighted by Gasteiger charge is -2.05. The smallest absolute Gasteiger partial charge is 0.251 e. The Bertz CT molecular complexity index is 651. The predicted molar refractivity (Wildman–Crippen MR) is 82.6 cm³/mol. The van der Waals surface area contributed by atoms with Crippen molar-refractivity contribution in [3.8, 4) is 11.8 Å². The van der Waals surface area contributed by atoms with Gasteiger partial charge in [0.05, 0.1) is 13.1 Å². The number of carbonyl (C=O) groups is 1. The molecule has 3 N–H and O–H groups in total. The molecule has 4 heteroatoms. The Morgan fingerprint density at radius 1 is 1.40 bits per heavy atom. The van der Waals surface area contributed by atoms with Crippen LogP contribution in [-0.2, 0) is 6.54 Å². The summed E-state index contributed by atoms with van der Waals surface area (Å²) in [6.45, 7) is 2.81. The summed E-state index contributed by atoms with van der Waals surface area (Å²) < 4.78 is 0. The van der Waals surface area contributed by atoms with Gasteiger partial charge >= 0.3 is 0 Å². The van der Waals surface area contributed by atoms with Gasteiger partial charge in [-0.3, -0.25) is 4.79 Å². The minimum absolute atomic E-state index is 0.0853. The maximum atomic E-state index is 12.1. The highest BCUT2D eigenvalue weighted by Gasteiger charge is 2.07. The maximum absolute atomic E-state index is 12.1. The molecule has 1 amide bonds. The molecule has 0 fully saturated rings. The van der Waals surface area contributed by atoms with Gasteiger partial charge in [0.15, 0.2) is 0 Å². The third-order valence-electron chi connectivity index (χ3n) is 2.68. The van der Waals surface area contributed by atoms with Gasteiger partial charge in [-0.15, -0.1) is 11.3 Å². The lowest BCUT2D eigenvalue weighted by molar-refractivity contribution is 0.0951. The summed E-state index contributed by atoms with van der Waals surface area (Å²) in [5.41, 5.74) is 7.82. The van der Waals surface area contributed by atoms with Crippen LogP contribution in [-0.4, -0.2) is 12.5 Å². The van der Waals surface area contributed by atoms with Gasteiger partial charge in [0.2, 0.25) is 0 Å². The molecule has 0 spiro atoms. The molecule has 102 valence electrons. The first-order chi connectivity index (χ1) is 9.69. The molecular weight excluding hydrogens is 268 g/mol. The average Bonchev–Trinajstić information content (AvgIpc) is 2.95. The van der Waals surface area contributed by atoms with Crippen LogP contribution < -0.4 is 11.1 Å². The van der Waals surface area contributed by atoms with Gasteiger partial charge in [0, 0.05) is 16.0 Å². The number of carbonyl (C=O) groups excluding carboxylic acids is 1. The van der Waals surface area contributed by atoms with Crippen molar-refractivity contribution < 1.29 is 4.79 Å². The Morgan fingerprint density at radius 3 is 2.95 bits per heavy atom. The van der Waals surface area contributed by atoms with E-state index in [4.69, 9.17) is 5.73 Å². The Balaban J connectivity index is 2.10. The number of thiophene rings is 1. The fourth-order valence-electron chi connectivity index (χ4n) is 1.82. The second kappa shape index (κ2) is 6.90. The predicted octanol–water partition coefficient (Wildman–Crippen LogP) is 2.30. The highest BCUT2D eigenvalue weighted by atomic mass is 32.1. The Hall–Kier alpha value is -2.09. The summed E-state index contributed by atoms with van der Waals surface area (Å²) in [6, 6.07) is 9.56. The molecule has 0 saturated carbocycles. The fourth-order valence-corrected chi connectivity index (χ4v) is 2.47. The summed E-state index contributed by atoms with van der Waals surface area (Å²) in [5.74, 6) is 5.67. The van der Waals surface area contributed by atoms with E-state index < -0.39 is 0 Å². The molecule has 0 aliphatic heterocycles. The zero-order valence-electron chi connectivity index (χ0n) is 11.3. The summed E-state index contributed by atoms with van der Waals surface area (Å²) in [7, 11) is 0. The number of rotatable bonds is 3. The van der Waals surface area contributed by atoms with Gasteiger partial charge < -0.3 is 11.1 Å². The van der Waals surface area contributed by atoms with Gasteiger partial charge in [-0.2, -0.15) is 0 Å². The van der Waals surface area contributed by atoms with Crippen molar-refractivity contribution in [2.75, 3.05) is 6.54 Å². The first-order valence-corrected chi connectivity index (χ1v) is 7.18. The molecule has 1 aromatic carbocycles. The lowest BCUT2D eigenvalue weighted by atomic mass is 10.1. The highest BCUT2D eigenvalue weighted by Crippen LogP contribution is 2.11. The van der Waals surface area contributed by atoms with E-state index in [1.807, 2.05) is 36.6 Å². The first kappa shape index (κ1) is 14.3. The second-order valence-electron chi connectivity index (χ2n) is 4.36. The van der Waals surface area contributed by atoms with E-state index in [2.05, 4.69) is 17.2 Å². The van der Waals surface area contributed by atoms with Gasteiger partial charge in [0.1, 0.15) is 0 Å². The molecule has 1 heterocycles. The number of nitrogens with two attached hydrogens (primary N) is 1. The van der Waals surface area contributed by atoms with E-state index in [1.54, 1.807) is 17.4 Å². The number of benzene rings is 1. The standard InChI is InChI=1S/C16H16N2OS/c1-12-8-13(4-2-6-17)10-14(9-12)16(19)18-11-15-5-3-7-20-15/h3,5,7-10H,6,11,17H2,1H3,(H,18,19). The molecule has 2 aromatic rings. The summed E-state index contributed by atoms with van der Waals surface area (Å²) in [6.07, 6.45) is 0. The van der Waals surface area contributed by atoms with Gasteiger partial charge in [-0.1, -0.05) is 17.9 Å². The van der Waals surface area contributed by atoms with E-state index in [0.29, 0.717) is 18.7 Å². The van der Waals surface area contributed by atoms with Crippen molar-refractivity contribution in [2.24, 2.45) is 5.73 Å². The van der Waals surface area contributed by atoms with Crippen molar-refractivity contribution in [3.05, 3.63) is 57.3 Å². The third kappa shape index (κ3) is 3.95. The molecule has 20 heavy (non-hydrogen) atoms. The van der Waals surface area contributed by atoms with Crippen LogP contribution in [0.15, 0.2) is 35.7 Å². The van der Waals surface area contributed by atoms with Gasteiger partial charge in [-0.05, 0) is 42.1 Å². The van der Waals surface area contributed by atoms with E-state index in [9.17, 15) is 4.79 Å². The molecule has 0 aliphatic rings. The second-order valence-corrected chi connectivity index (χ2v) is 5.39. The monoisotopic (exact) mass is 284 g/mol. The number of amides is 1. The van der Waals surface area contributed by atoms with E-state index in [0.717, 1.165) is 16.0 Å². The first-order valence-electron chi connectivity index (χ1n) is 6.30. The molecule has 0 saturated heterocycles. The van der Waals surface area contributed by atoms with Crippen LogP contribution in [0, 0.1) is 18.8 Å². The van der Waals surface area contributed by atoms with E-state index in [-0.39, 0.29) is 5.91 Å². The van der Waals surface area contributed by atoms with Gasteiger partial charge in [-0.25, -0.2) is 0 Å². The summed E-state index contributed by atoms with van der Waals surface area (Å²) in [5, 5.41) is 4.91. The molecule has 2 rings (SSSR count). The maximum Gasteiger partial charge on any atom is 0.251 e. The molecule has 0 unspecified atom stereocenters. The molecular formula is C16H16N2OS. The molecule has 0 radical (unpaired) electrons. The molecule has 1 aromatic heterocycles. The zero-order chi connectivity index (χ0) is 14.4. The Kier molecular flexibility index (Phi) is 4.94. The quantitative estimate of drug-likeness (QED) is 0.850. The van der Waals surface area contributed by atoms with Crippen molar-refractivity contribution in [1.82, 2.24) is 5.32 Å². The van der Waals surface area contributed by atoms with Crippen LogP contribution in [0.3, 0.4) is 0 Å². The van der Waals surface area contributed by atoms with Crippen LogP contribution >= 0.6 is 11.3 Å². The zero-order valence-corrected chi connectivity index (χ0v) is 12.1. The van der Waals surface area contributed by atoms with E-state index in [1.165, 1.54) is 0 Å². The summed E-state index contributed by atoms with van der Waals surface area (Å²) >= 11 is 1.63. The SMILES string of the molecule is Cc1cc(C#CCN)cc(C(=O)NCc2cccs2)c1. The molecule has 0 aliphatic carbocycles. The van der Waals surface area contributed by atoms with Crippen LogP contribution in [0.2, 0.25) is 0 Å². The van der Waals surface area contributed by atoms with Crippen LogP contribution in [0.5, 0.6) is 0 Å². The van der Waals surface area contributed by atoms with Crippen LogP contribution in [0.25, 0.3) is 0 Å². The average molecular weight is 284 g/mol. The number of nitrogens with one attached hydrogen (secondary N) is 1. The Labute approximate surface area is 122 Å². The fraction of sp³-hybridized carbons (Fsp3) is 0.188. The van der Waals surface area contributed by atoms with E-state index >= 15 is 0 Å². The summed E-state index contributed by atoms with van der Waals surface area (Å²) in [4.78, 5) is 13.3. The van der Waals surface area contributed by atoms with Crippen molar-refractivity contribution in [3.63, 3.8) is 0 Å². The van der Waals surface area contributed by atoms with Gasteiger partial charge in [0.25, 0.3) is 5.91 Å². The molecule has 0 bridgehead atoms. The topological polar surface area (TPSA) is 55.1 Å². The van der Waals surface area contributed by atoms with Crippen molar-refractivity contribution in [1.29, 1.82) is 0 Å². The lowest BCUT2D eigenvalue weighted by Crippen LogP contribution is -2.22. The minimum Gasteiger partial charge on any atom is -0.347 e. The van der Waals surface area contributed by atoms with Crippen molar-refractivity contribution in [2.45, 2.75) is 13.5 Å². The molecule has 0 atom stereocenters. The number of hydrogen-bond acceptors (Lipinski definition) is 3. The molecule has 3 nitrogen and oxygen atoms in total. The van der Waals surface area contributed by atoms with Crippen molar-refractivity contribution >= 4 is 17.2 Å². The normalized spacial score (nSPS) is 9.70. The number of hydrogen-bond donors (Lipinski definition) is 2. The largest absolute Gasteiger partial charge is 0.347 e. The van der Waals surface area contributed by atoms with Crippen LogP contribution in [0.4, 0.5) is 0 Å². The minimum atomic E-state index is -0.0853. The number of aryl methyl sites for hydroxylation is 1. The Morgan fingerprint density at radius 2 is 2.25 bits per heavy atom.